The Morgan fingerprint density at radius 1 is 0.500 bits per heavy atom. The Kier molecular flexibility index (Phi) is 11.6. The van der Waals surface area contributed by atoms with Gasteiger partial charge in [0.2, 0.25) is 0 Å². The van der Waals surface area contributed by atoms with Gasteiger partial charge >= 0.3 is 157 Å². The molecule has 0 heterocycles. The van der Waals surface area contributed by atoms with Crippen LogP contribution in [0, 0.1) is 13.8 Å². The third kappa shape index (κ3) is 8.28. The van der Waals surface area contributed by atoms with Crippen LogP contribution in [0.4, 0.5) is 0 Å². The second-order valence-electron chi connectivity index (χ2n) is 15.8. The molecular weight excluding hydrogens is 838 g/mol. The number of hydrogen-bond acceptors (Lipinski definition) is 0. The third-order valence-corrected chi connectivity index (χ3v) is 16.3. The maximum absolute atomic E-state index is 6.65. The molecule has 8 aromatic carbocycles. The van der Waals surface area contributed by atoms with Gasteiger partial charge in [-0.1, -0.05) is 75.9 Å². The van der Waals surface area contributed by atoms with Crippen LogP contribution in [0.1, 0.15) is 74.9 Å². The minimum Gasteiger partial charge on any atom is -0.214 e. The fraction of sp³-hybridized carbons (Fsp3) is 0.204. The summed E-state index contributed by atoms with van der Waals surface area (Å²) < 4.78 is 1.16. The van der Waals surface area contributed by atoms with Gasteiger partial charge in [0.25, 0.3) is 0 Å². The molecule has 0 amide bonds. The van der Waals surface area contributed by atoms with Crippen LogP contribution in [0.25, 0.3) is 43.1 Å². The monoisotopic (exact) mass is 886 g/mol. The van der Waals surface area contributed by atoms with E-state index in [4.69, 9.17) is 17.2 Å². The minimum atomic E-state index is -2.88. The molecule has 0 unspecified atom stereocenters. The molecule has 0 N–H and O–H groups in total. The number of fused-ring (bicyclic) bond motifs is 5. The van der Waals surface area contributed by atoms with E-state index in [0.717, 1.165) is 3.26 Å². The Labute approximate surface area is 324 Å². The minimum absolute atomic E-state index is 0.180. The zero-order chi connectivity index (χ0) is 37.2. The molecule has 264 valence electrons. The van der Waals surface area contributed by atoms with Crippen molar-refractivity contribution in [2.24, 2.45) is 0 Å². The van der Waals surface area contributed by atoms with Crippen molar-refractivity contribution >= 4 is 63.5 Å². The van der Waals surface area contributed by atoms with Gasteiger partial charge < -0.3 is 0 Å². The topological polar surface area (TPSA) is 0 Å². The first-order chi connectivity index (χ1) is 24.7. The van der Waals surface area contributed by atoms with Crippen molar-refractivity contribution in [3.05, 3.63) is 179 Å². The fourth-order valence-electron chi connectivity index (χ4n) is 7.51. The number of hydrogen-bond donors (Lipinski definition) is 0. The van der Waals surface area contributed by atoms with Gasteiger partial charge in [0.15, 0.2) is 0 Å². The molecule has 3 heteroatoms. The van der Waals surface area contributed by atoms with Crippen LogP contribution >= 0.6 is 17.2 Å². The molecule has 0 atom stereocenters. The Bertz CT molecular complexity index is 2330. The number of rotatable bonds is 2. The molecule has 52 heavy (non-hydrogen) atoms. The van der Waals surface area contributed by atoms with Crippen molar-refractivity contribution in [1.29, 1.82) is 0 Å². The number of aryl methyl sites for hydroxylation is 2. The molecule has 0 saturated carbocycles. The van der Waals surface area contributed by atoms with Gasteiger partial charge in [0, 0.05) is 0 Å². The maximum Gasteiger partial charge on any atom is -0.172 e. The molecule has 0 bridgehead atoms. The van der Waals surface area contributed by atoms with Crippen molar-refractivity contribution < 1.29 is 18.6 Å². The summed E-state index contributed by atoms with van der Waals surface area (Å²) in [7, 11) is 13.3. The molecule has 0 aliphatic carbocycles. The number of halogens is 2. The Morgan fingerprint density at radius 2 is 0.904 bits per heavy atom. The average molecular weight is 886 g/mol. The van der Waals surface area contributed by atoms with Crippen molar-refractivity contribution in [2.75, 3.05) is 0 Å². The molecule has 0 fully saturated rings. The van der Waals surface area contributed by atoms with Crippen LogP contribution in [-0.4, -0.2) is 3.26 Å². The Balaban J connectivity index is 0.000000157. The SMILES string of the molecule is Cc1cc2[cH-]c3cc(C)c(C(C)(C)C)cc3c2cc1C(C)(C)C.[Cl][Hf]([Cl])=[C](c1cccc2ccccc12)c1cccc2ccccc12.c1cc[cH-]c1. The van der Waals surface area contributed by atoms with Crippen molar-refractivity contribution in [1.82, 2.24) is 0 Å². The maximum atomic E-state index is 6.65. The summed E-state index contributed by atoms with van der Waals surface area (Å²) in [5.74, 6) is 0. The van der Waals surface area contributed by atoms with Gasteiger partial charge in [-0.25, -0.2) is 12.1 Å². The quantitative estimate of drug-likeness (QED) is 0.120. The normalized spacial score (nSPS) is 11.7. The predicted octanol–water partition coefficient (Wildman–Crippen LogP) is 14.8. The van der Waals surface area contributed by atoms with E-state index in [0.29, 0.717) is 0 Å². The van der Waals surface area contributed by atoms with Gasteiger partial charge in [-0.2, -0.15) is 18.2 Å². The molecule has 8 aromatic rings. The molecule has 0 spiro atoms. The van der Waals surface area contributed by atoms with E-state index < -0.39 is 18.6 Å². The first kappa shape index (κ1) is 38.1. The van der Waals surface area contributed by atoms with Gasteiger partial charge in [0.05, 0.1) is 0 Å². The Hall–Kier alpha value is -3.62. The summed E-state index contributed by atoms with van der Waals surface area (Å²) >= 11 is -2.88. The van der Waals surface area contributed by atoms with E-state index in [1.807, 2.05) is 30.3 Å². The molecule has 0 aliphatic heterocycles. The van der Waals surface area contributed by atoms with Crippen LogP contribution in [0.15, 0.2) is 146 Å². The third-order valence-electron chi connectivity index (χ3n) is 9.87. The van der Waals surface area contributed by atoms with Crippen LogP contribution in [0.5, 0.6) is 0 Å². The van der Waals surface area contributed by atoms with E-state index >= 15 is 0 Å². The summed E-state index contributed by atoms with van der Waals surface area (Å²) in [6, 6.07) is 51.5. The standard InChI is InChI=1S/C23H29.C21H14.C5H5.2ClH.Hf/c1-14-9-16-11-17-10-15(2)21(23(6,7)8)13-19(17)18(16)12-20(14)22(3,4)5;1-3-13-20-16(7-1)9-5-11-18(20)15-19-12-6-10-17-8-2-4-14-21(17)19;1-2-4-5-3-1;;;/h9-13H,1-8H3;1-14H;1-5H;2*1H;/q-1;;-1;;;+2/p-2. The molecule has 8 rings (SSSR count). The second kappa shape index (κ2) is 15.8. The zero-order valence-electron chi connectivity index (χ0n) is 31.6. The van der Waals surface area contributed by atoms with E-state index in [1.165, 1.54) is 76.5 Å². The molecule has 0 aliphatic rings. The zero-order valence-corrected chi connectivity index (χ0v) is 36.7. The molecule has 0 nitrogen and oxygen atoms in total. The molecule has 0 aromatic heterocycles. The van der Waals surface area contributed by atoms with E-state index in [2.05, 4.69) is 171 Å². The van der Waals surface area contributed by atoms with Crippen LogP contribution < -0.4 is 0 Å². The molecule has 0 radical (unpaired) electrons. The average Bonchev–Trinajstić information content (AvgIpc) is 3.79. The smallest absolute Gasteiger partial charge is 0.172 e. The van der Waals surface area contributed by atoms with Gasteiger partial charge in [-0.15, -0.1) is 39.7 Å². The first-order valence-electron chi connectivity index (χ1n) is 18.1. The second-order valence-corrected chi connectivity index (χ2v) is 27.2. The van der Waals surface area contributed by atoms with Gasteiger partial charge in [-0.3, -0.25) is 0 Å². The van der Waals surface area contributed by atoms with Crippen LogP contribution in [-0.2, 0) is 29.4 Å². The first-order valence-corrected chi connectivity index (χ1v) is 28.8. The van der Waals surface area contributed by atoms with Gasteiger partial charge in [0.1, 0.15) is 0 Å². The van der Waals surface area contributed by atoms with Crippen molar-refractivity contribution in [3.63, 3.8) is 0 Å². The fourth-order valence-corrected chi connectivity index (χ4v) is 13.9. The van der Waals surface area contributed by atoms with Crippen molar-refractivity contribution in [2.45, 2.75) is 66.2 Å². The van der Waals surface area contributed by atoms with Gasteiger partial charge in [-0.05, 0) is 24.7 Å². The van der Waals surface area contributed by atoms with E-state index in [9.17, 15) is 0 Å². The van der Waals surface area contributed by atoms with Crippen molar-refractivity contribution in [3.8, 4) is 0 Å². The predicted molar refractivity (Wildman–Crippen MR) is 229 cm³/mol. The summed E-state index contributed by atoms with van der Waals surface area (Å²) in [5.41, 5.74) is 8.42. The summed E-state index contributed by atoms with van der Waals surface area (Å²) in [6.07, 6.45) is 0. The van der Waals surface area contributed by atoms with E-state index in [-0.39, 0.29) is 10.8 Å². The summed E-state index contributed by atoms with van der Waals surface area (Å²) in [5, 5.41) is 10.4. The summed E-state index contributed by atoms with van der Waals surface area (Å²) in [6.45, 7) is 18.3. The van der Waals surface area contributed by atoms with Crippen LogP contribution in [0.3, 0.4) is 0 Å². The largest absolute Gasteiger partial charge is 0.214 e. The number of benzene rings is 6. The van der Waals surface area contributed by atoms with E-state index in [1.54, 1.807) is 0 Å². The molecular formula is C49H48Cl2Hf-2. The Morgan fingerprint density at radius 3 is 1.27 bits per heavy atom. The van der Waals surface area contributed by atoms with Crippen LogP contribution in [0.2, 0.25) is 0 Å². The molecule has 0 saturated heterocycles. The summed E-state index contributed by atoms with van der Waals surface area (Å²) in [4.78, 5) is 0.